The van der Waals surface area contributed by atoms with Crippen LogP contribution in [0.15, 0.2) is 47.4 Å². The number of carbonyl (C=O) groups is 1. The van der Waals surface area contributed by atoms with E-state index in [0.29, 0.717) is 18.1 Å². The van der Waals surface area contributed by atoms with Gasteiger partial charge in [-0.3, -0.25) is 10.2 Å². The van der Waals surface area contributed by atoms with Crippen LogP contribution in [-0.4, -0.2) is 27.0 Å². The van der Waals surface area contributed by atoms with Crippen molar-refractivity contribution in [2.24, 2.45) is 0 Å². The molecule has 0 aliphatic heterocycles. The predicted octanol–water partition coefficient (Wildman–Crippen LogP) is 2.74. The summed E-state index contributed by atoms with van der Waals surface area (Å²) in [6, 6.07) is 12.0. The molecule has 1 aliphatic carbocycles. The first-order valence-electron chi connectivity index (χ1n) is 9.72. The highest BCUT2D eigenvalue weighted by atomic mass is 32.2. The Hall–Kier alpha value is -2.58. The van der Waals surface area contributed by atoms with Crippen LogP contribution in [0.5, 0.6) is 11.5 Å². The number of ether oxygens (including phenoxy) is 2. The van der Waals surface area contributed by atoms with Crippen molar-refractivity contribution in [1.29, 1.82) is 0 Å². The molecule has 1 amide bonds. The van der Waals surface area contributed by atoms with E-state index in [0.717, 1.165) is 31.2 Å². The summed E-state index contributed by atoms with van der Waals surface area (Å²) in [5, 5.41) is 0. The largest absolute Gasteiger partial charge is 0.494 e. The molecule has 3 rings (SSSR count). The van der Waals surface area contributed by atoms with Crippen LogP contribution < -0.4 is 19.7 Å². The van der Waals surface area contributed by atoms with Gasteiger partial charge in [0, 0.05) is 0 Å². The van der Waals surface area contributed by atoms with Crippen LogP contribution in [0.1, 0.15) is 37.8 Å². The number of hydrazine groups is 1. The molecule has 156 valence electrons. The van der Waals surface area contributed by atoms with Gasteiger partial charge < -0.3 is 9.47 Å². The molecule has 2 aromatic carbocycles. The van der Waals surface area contributed by atoms with E-state index >= 15 is 0 Å². The average molecular weight is 419 g/mol. The predicted molar refractivity (Wildman–Crippen MR) is 109 cm³/mol. The highest BCUT2D eigenvalue weighted by molar-refractivity contribution is 7.89. The Bertz CT molecular complexity index is 958. The van der Waals surface area contributed by atoms with Gasteiger partial charge in [0.15, 0.2) is 6.10 Å². The summed E-state index contributed by atoms with van der Waals surface area (Å²) >= 11 is 0. The van der Waals surface area contributed by atoms with Gasteiger partial charge in [0.1, 0.15) is 11.5 Å². The maximum atomic E-state index is 12.5. The van der Waals surface area contributed by atoms with Gasteiger partial charge in [-0.2, -0.15) is 0 Å². The normalized spacial score (nSPS) is 14.6. The number of fused-ring (bicyclic) bond motifs is 1. The summed E-state index contributed by atoms with van der Waals surface area (Å²) in [7, 11) is -3.86. The highest BCUT2D eigenvalue weighted by Crippen LogP contribution is 2.24. The molecule has 0 aromatic heterocycles. The van der Waals surface area contributed by atoms with Gasteiger partial charge in [-0.05, 0) is 87.1 Å². The average Bonchev–Trinajstić information content (AvgIpc) is 2.73. The third-order valence-electron chi connectivity index (χ3n) is 4.76. The lowest BCUT2D eigenvalue weighted by molar-refractivity contribution is -0.127. The zero-order chi connectivity index (χ0) is 20.9. The minimum atomic E-state index is -3.86. The van der Waals surface area contributed by atoms with Crippen molar-refractivity contribution in [3.8, 4) is 11.5 Å². The molecule has 0 saturated heterocycles. The summed E-state index contributed by atoms with van der Waals surface area (Å²) in [6.07, 6.45) is 3.14. The lowest BCUT2D eigenvalue weighted by atomic mass is 9.92. The molecule has 0 radical (unpaired) electrons. The first-order chi connectivity index (χ1) is 13.9. The Kier molecular flexibility index (Phi) is 6.76. The van der Waals surface area contributed by atoms with E-state index < -0.39 is 22.0 Å². The molecule has 1 atom stereocenters. The van der Waals surface area contributed by atoms with Gasteiger partial charge in [0.25, 0.3) is 15.9 Å². The molecule has 1 aliphatic rings. The third-order valence-corrected chi connectivity index (χ3v) is 6.00. The molecule has 0 spiro atoms. The zero-order valence-electron chi connectivity index (χ0n) is 16.6. The molecule has 7 nitrogen and oxygen atoms in total. The van der Waals surface area contributed by atoms with Gasteiger partial charge in [-0.1, -0.05) is 6.07 Å². The molecule has 0 bridgehead atoms. The van der Waals surface area contributed by atoms with E-state index in [-0.39, 0.29) is 4.90 Å². The fourth-order valence-corrected chi connectivity index (χ4v) is 4.09. The Morgan fingerprint density at radius 3 is 2.38 bits per heavy atom. The lowest BCUT2D eigenvalue weighted by Crippen LogP contribution is -2.47. The summed E-state index contributed by atoms with van der Waals surface area (Å²) < 4.78 is 36.0. The van der Waals surface area contributed by atoms with Gasteiger partial charge in [0.2, 0.25) is 0 Å². The first kappa shape index (κ1) is 21.1. The lowest BCUT2D eigenvalue weighted by Gasteiger charge is -2.18. The molecule has 0 fully saturated rings. The topological polar surface area (TPSA) is 93.7 Å². The number of amides is 1. The molecule has 8 heteroatoms. The zero-order valence-corrected chi connectivity index (χ0v) is 17.4. The molecule has 2 aromatic rings. The molecule has 0 saturated carbocycles. The second kappa shape index (κ2) is 9.28. The van der Waals surface area contributed by atoms with E-state index in [2.05, 4.69) is 10.3 Å². The molecule has 0 unspecified atom stereocenters. The van der Waals surface area contributed by atoms with Crippen LogP contribution in [0.4, 0.5) is 0 Å². The summed E-state index contributed by atoms with van der Waals surface area (Å²) in [5.74, 6) is 0.587. The van der Waals surface area contributed by atoms with E-state index in [9.17, 15) is 13.2 Å². The minimum Gasteiger partial charge on any atom is -0.494 e. The number of aryl methyl sites for hydroxylation is 2. The van der Waals surface area contributed by atoms with Crippen LogP contribution >= 0.6 is 0 Å². The molecular weight excluding hydrogens is 392 g/mol. The van der Waals surface area contributed by atoms with Crippen molar-refractivity contribution in [1.82, 2.24) is 10.3 Å². The van der Waals surface area contributed by atoms with Gasteiger partial charge in [-0.15, -0.1) is 4.83 Å². The van der Waals surface area contributed by atoms with E-state index in [1.807, 2.05) is 13.0 Å². The van der Waals surface area contributed by atoms with Crippen LogP contribution in [0.2, 0.25) is 0 Å². The SMILES string of the molecule is CCOc1ccc(O[C@@H](C)C(=O)NNS(=O)(=O)c2ccc3c(c2)CCCC3)cc1. The number of carbonyl (C=O) groups excluding carboxylic acids is 1. The summed E-state index contributed by atoms with van der Waals surface area (Å²) in [6.45, 7) is 3.99. The van der Waals surface area contributed by atoms with Crippen molar-refractivity contribution >= 4 is 15.9 Å². The monoisotopic (exact) mass is 418 g/mol. The smallest absolute Gasteiger partial charge is 0.275 e. The fraction of sp³-hybridized carbons (Fsp3) is 0.381. The van der Waals surface area contributed by atoms with E-state index in [1.54, 1.807) is 43.3 Å². The number of hydrogen-bond donors (Lipinski definition) is 2. The molecular formula is C21H26N2O5S. The quantitative estimate of drug-likeness (QED) is 0.643. The summed E-state index contributed by atoms with van der Waals surface area (Å²) in [5.41, 5.74) is 4.47. The van der Waals surface area contributed by atoms with Crippen molar-refractivity contribution in [2.75, 3.05) is 6.61 Å². The maximum absolute atomic E-state index is 12.5. The standard InChI is InChI=1S/C21H26N2O5S/c1-3-27-18-9-11-19(12-10-18)28-15(2)21(24)22-23-29(25,26)20-13-8-16-6-4-5-7-17(16)14-20/h8-15,23H,3-7H2,1-2H3,(H,22,24)/t15-/m0/s1. The van der Waals surface area contributed by atoms with Crippen LogP contribution in [-0.2, 0) is 27.7 Å². The fourth-order valence-electron chi connectivity index (χ4n) is 3.19. The number of sulfonamides is 1. The Morgan fingerprint density at radius 2 is 1.69 bits per heavy atom. The van der Waals surface area contributed by atoms with E-state index in [4.69, 9.17) is 9.47 Å². The number of nitrogens with one attached hydrogen (secondary N) is 2. The Labute approximate surface area is 171 Å². The number of rotatable bonds is 8. The van der Waals surface area contributed by atoms with Gasteiger partial charge >= 0.3 is 0 Å². The minimum absolute atomic E-state index is 0.138. The van der Waals surface area contributed by atoms with Crippen LogP contribution in [0.25, 0.3) is 0 Å². The maximum Gasteiger partial charge on any atom is 0.275 e. The van der Waals surface area contributed by atoms with Crippen molar-refractivity contribution in [3.63, 3.8) is 0 Å². The second-order valence-corrected chi connectivity index (χ2v) is 8.58. The Balaban J connectivity index is 1.57. The van der Waals surface area contributed by atoms with Gasteiger partial charge in [-0.25, -0.2) is 8.42 Å². The molecule has 2 N–H and O–H groups in total. The second-order valence-electron chi connectivity index (χ2n) is 6.90. The first-order valence-corrected chi connectivity index (χ1v) is 11.2. The third kappa shape index (κ3) is 5.48. The summed E-state index contributed by atoms with van der Waals surface area (Å²) in [4.78, 5) is 14.5. The molecule has 29 heavy (non-hydrogen) atoms. The van der Waals surface area contributed by atoms with Crippen LogP contribution in [0.3, 0.4) is 0 Å². The van der Waals surface area contributed by atoms with Crippen molar-refractivity contribution in [3.05, 3.63) is 53.6 Å². The number of hydrogen-bond acceptors (Lipinski definition) is 5. The number of benzene rings is 2. The Morgan fingerprint density at radius 1 is 1.03 bits per heavy atom. The van der Waals surface area contributed by atoms with Crippen LogP contribution in [0, 0.1) is 0 Å². The highest BCUT2D eigenvalue weighted by Gasteiger charge is 2.21. The van der Waals surface area contributed by atoms with Crippen molar-refractivity contribution < 1.29 is 22.7 Å². The van der Waals surface area contributed by atoms with E-state index in [1.165, 1.54) is 5.56 Å². The van der Waals surface area contributed by atoms with Gasteiger partial charge in [0.05, 0.1) is 11.5 Å². The molecule has 0 heterocycles. The van der Waals surface area contributed by atoms with Crippen molar-refractivity contribution in [2.45, 2.75) is 50.5 Å².